The predicted octanol–water partition coefficient (Wildman–Crippen LogP) is 1.68. The molecule has 0 aliphatic carbocycles. The molecule has 0 bridgehead atoms. The molecule has 2 aromatic heterocycles. The van der Waals surface area contributed by atoms with Crippen molar-refractivity contribution in [3.63, 3.8) is 0 Å². The number of anilines is 1. The Balaban J connectivity index is 1.99. The molecule has 2 rings (SSSR count). The average Bonchev–Trinajstić information content (AvgIpc) is 2.72. The summed E-state index contributed by atoms with van der Waals surface area (Å²) in [5, 5.41) is 7.62. The molecule has 2 aromatic rings. The minimum Gasteiger partial charge on any atom is -0.364 e. The molecular weight excluding hydrogens is 188 g/mol. The van der Waals surface area contributed by atoms with Gasteiger partial charge in [-0.05, 0) is 18.6 Å². The van der Waals surface area contributed by atoms with E-state index in [0.717, 1.165) is 18.1 Å². The molecule has 0 amide bonds. The first-order valence-corrected chi connectivity index (χ1v) is 5.00. The van der Waals surface area contributed by atoms with E-state index in [1.54, 1.807) is 0 Å². The minimum absolute atomic E-state index is 0.817. The zero-order chi connectivity index (χ0) is 10.8. The summed E-state index contributed by atoms with van der Waals surface area (Å²) < 4.78 is 3.91. The Hall–Kier alpha value is -1.71. The van der Waals surface area contributed by atoms with E-state index in [4.69, 9.17) is 0 Å². The van der Waals surface area contributed by atoms with Crippen molar-refractivity contribution in [1.82, 2.24) is 14.3 Å². The average molecular weight is 204 g/mol. The Morgan fingerprint density at radius 1 is 1.40 bits per heavy atom. The van der Waals surface area contributed by atoms with E-state index in [9.17, 15) is 0 Å². The van der Waals surface area contributed by atoms with Crippen LogP contribution in [0.25, 0.3) is 0 Å². The second-order valence-corrected chi connectivity index (χ2v) is 3.83. The van der Waals surface area contributed by atoms with Gasteiger partial charge < -0.3 is 9.88 Å². The third-order valence-electron chi connectivity index (χ3n) is 2.48. The summed E-state index contributed by atoms with van der Waals surface area (Å²) in [4.78, 5) is 0. The third kappa shape index (κ3) is 2.21. The van der Waals surface area contributed by atoms with E-state index in [2.05, 4.69) is 22.7 Å². The summed E-state index contributed by atoms with van der Waals surface area (Å²) in [7, 11) is 3.97. The van der Waals surface area contributed by atoms with E-state index in [-0.39, 0.29) is 0 Å². The smallest absolute Gasteiger partial charge is 0.148 e. The molecule has 4 nitrogen and oxygen atoms in total. The van der Waals surface area contributed by atoms with Crippen LogP contribution in [0.2, 0.25) is 0 Å². The fraction of sp³-hybridized carbons (Fsp3) is 0.364. The molecule has 0 saturated carbocycles. The van der Waals surface area contributed by atoms with Gasteiger partial charge in [0.2, 0.25) is 0 Å². The van der Waals surface area contributed by atoms with E-state index in [1.807, 2.05) is 42.5 Å². The number of hydrogen-bond acceptors (Lipinski definition) is 2. The molecule has 0 radical (unpaired) electrons. The lowest BCUT2D eigenvalue weighted by Gasteiger charge is -1.99. The minimum atomic E-state index is 0.817. The zero-order valence-electron chi connectivity index (χ0n) is 9.36. The number of aromatic nitrogens is 3. The summed E-state index contributed by atoms with van der Waals surface area (Å²) in [6.07, 6.45) is 4.14. The summed E-state index contributed by atoms with van der Waals surface area (Å²) in [5.41, 5.74) is 2.42. The van der Waals surface area contributed by atoms with E-state index < -0.39 is 0 Å². The topological polar surface area (TPSA) is 34.8 Å². The lowest BCUT2D eigenvalue weighted by molar-refractivity contribution is 0.741. The molecule has 0 aliphatic heterocycles. The number of rotatable bonds is 3. The lowest BCUT2D eigenvalue weighted by atomic mass is 10.3. The van der Waals surface area contributed by atoms with Crippen molar-refractivity contribution in [3.05, 3.63) is 35.8 Å². The molecule has 0 unspecified atom stereocenters. The van der Waals surface area contributed by atoms with Gasteiger partial charge in [0, 0.05) is 44.8 Å². The molecule has 15 heavy (non-hydrogen) atoms. The number of hydrogen-bond donors (Lipinski definition) is 1. The molecule has 0 saturated heterocycles. The van der Waals surface area contributed by atoms with Crippen LogP contribution in [-0.4, -0.2) is 14.3 Å². The first kappa shape index (κ1) is 9.83. The van der Waals surface area contributed by atoms with Gasteiger partial charge in [-0.15, -0.1) is 0 Å². The molecule has 0 spiro atoms. The van der Waals surface area contributed by atoms with Crippen LogP contribution in [0.3, 0.4) is 0 Å². The maximum absolute atomic E-state index is 4.33. The van der Waals surface area contributed by atoms with Crippen LogP contribution in [0.4, 0.5) is 5.82 Å². The molecular formula is C11H16N4. The Morgan fingerprint density at radius 2 is 2.20 bits per heavy atom. The van der Waals surface area contributed by atoms with Crippen molar-refractivity contribution in [2.45, 2.75) is 13.5 Å². The molecule has 0 aromatic carbocycles. The van der Waals surface area contributed by atoms with Crippen molar-refractivity contribution >= 4 is 5.82 Å². The Bertz CT molecular complexity index is 433. The summed E-state index contributed by atoms with van der Waals surface area (Å²) in [6.45, 7) is 2.86. The molecule has 1 N–H and O–H groups in total. The summed E-state index contributed by atoms with van der Waals surface area (Å²) >= 11 is 0. The highest BCUT2D eigenvalue weighted by atomic mass is 15.3. The number of nitrogens with one attached hydrogen (secondary N) is 1. The lowest BCUT2D eigenvalue weighted by Crippen LogP contribution is -2.00. The molecule has 2 heterocycles. The van der Waals surface area contributed by atoms with Crippen LogP contribution >= 0.6 is 0 Å². The van der Waals surface area contributed by atoms with Crippen LogP contribution < -0.4 is 5.32 Å². The second kappa shape index (κ2) is 3.81. The normalized spacial score (nSPS) is 10.6. The van der Waals surface area contributed by atoms with Crippen LogP contribution in [0.15, 0.2) is 24.5 Å². The quantitative estimate of drug-likeness (QED) is 0.825. The molecule has 0 fully saturated rings. The van der Waals surface area contributed by atoms with Crippen LogP contribution in [0, 0.1) is 6.92 Å². The van der Waals surface area contributed by atoms with Gasteiger partial charge in [-0.25, -0.2) is 0 Å². The maximum Gasteiger partial charge on any atom is 0.148 e. The zero-order valence-corrected chi connectivity index (χ0v) is 9.36. The first-order chi connectivity index (χ1) is 7.15. The van der Waals surface area contributed by atoms with Gasteiger partial charge in [-0.1, -0.05) is 0 Å². The largest absolute Gasteiger partial charge is 0.364 e. The van der Waals surface area contributed by atoms with Crippen molar-refractivity contribution < 1.29 is 0 Å². The van der Waals surface area contributed by atoms with Gasteiger partial charge in [-0.2, -0.15) is 5.10 Å². The molecule has 4 heteroatoms. The highest BCUT2D eigenvalue weighted by Crippen LogP contribution is 2.09. The van der Waals surface area contributed by atoms with E-state index >= 15 is 0 Å². The van der Waals surface area contributed by atoms with E-state index in [0.29, 0.717) is 0 Å². The first-order valence-electron chi connectivity index (χ1n) is 5.00. The van der Waals surface area contributed by atoms with Crippen molar-refractivity contribution in [2.75, 3.05) is 5.32 Å². The van der Waals surface area contributed by atoms with Gasteiger partial charge in [0.1, 0.15) is 5.82 Å². The highest BCUT2D eigenvalue weighted by molar-refractivity contribution is 5.36. The van der Waals surface area contributed by atoms with Crippen LogP contribution in [-0.2, 0) is 20.6 Å². The van der Waals surface area contributed by atoms with Crippen molar-refractivity contribution in [1.29, 1.82) is 0 Å². The maximum atomic E-state index is 4.33. The van der Waals surface area contributed by atoms with Crippen LogP contribution in [0.1, 0.15) is 11.3 Å². The standard InChI is InChI=1S/C11H16N4/c1-9-6-11(13-15(9)3)12-7-10-4-5-14(2)8-10/h4-6,8H,7H2,1-3H3,(H,12,13). The summed E-state index contributed by atoms with van der Waals surface area (Å²) in [5.74, 6) is 0.929. The molecule has 0 atom stereocenters. The fourth-order valence-electron chi connectivity index (χ4n) is 1.51. The van der Waals surface area contributed by atoms with Gasteiger partial charge in [0.15, 0.2) is 0 Å². The Morgan fingerprint density at radius 3 is 2.73 bits per heavy atom. The fourth-order valence-corrected chi connectivity index (χ4v) is 1.51. The van der Waals surface area contributed by atoms with Gasteiger partial charge >= 0.3 is 0 Å². The number of nitrogens with zero attached hydrogens (tertiary/aromatic N) is 3. The molecule has 80 valence electrons. The monoisotopic (exact) mass is 204 g/mol. The Kier molecular flexibility index (Phi) is 2.49. The van der Waals surface area contributed by atoms with Gasteiger partial charge in [-0.3, -0.25) is 4.68 Å². The second-order valence-electron chi connectivity index (χ2n) is 3.83. The third-order valence-corrected chi connectivity index (χ3v) is 2.48. The molecule has 0 aliphatic rings. The summed E-state index contributed by atoms with van der Waals surface area (Å²) in [6, 6.07) is 4.14. The van der Waals surface area contributed by atoms with Gasteiger partial charge in [0.05, 0.1) is 0 Å². The van der Waals surface area contributed by atoms with E-state index in [1.165, 1.54) is 5.56 Å². The van der Waals surface area contributed by atoms with Crippen LogP contribution in [0.5, 0.6) is 0 Å². The van der Waals surface area contributed by atoms with Crippen molar-refractivity contribution in [3.8, 4) is 0 Å². The number of aryl methyl sites for hydroxylation is 3. The van der Waals surface area contributed by atoms with Crippen molar-refractivity contribution in [2.24, 2.45) is 14.1 Å². The SMILES string of the molecule is Cc1cc(NCc2ccn(C)c2)nn1C. The highest BCUT2D eigenvalue weighted by Gasteiger charge is 2.00. The predicted molar refractivity (Wildman–Crippen MR) is 60.7 cm³/mol. The Labute approximate surface area is 89.5 Å². The van der Waals surface area contributed by atoms with Gasteiger partial charge in [0.25, 0.3) is 0 Å².